The summed E-state index contributed by atoms with van der Waals surface area (Å²) >= 11 is 0. The molecule has 0 aliphatic heterocycles. The molecule has 6 aromatic carbocycles. The average molecular weight is 725 g/mol. The SMILES string of the molecule is COc1ccc([C@H]2c3cc(OC)c(OC)cc3C[C@@H](CP(c3ccccc3)c3ccccc3)[C@@H]2CP(c2ccccc2)c2ccccc2)cc1OC. The Morgan fingerprint density at radius 2 is 0.885 bits per heavy atom. The lowest BCUT2D eigenvalue weighted by Crippen LogP contribution is -2.37. The number of fused-ring (bicyclic) bond motifs is 1. The second kappa shape index (κ2) is 16.8. The molecule has 0 unspecified atom stereocenters. The third-order valence-corrected chi connectivity index (χ3v) is 15.7. The summed E-state index contributed by atoms with van der Waals surface area (Å²) in [6.07, 6.45) is 3.06. The van der Waals surface area contributed by atoms with Crippen molar-refractivity contribution in [3.63, 3.8) is 0 Å². The van der Waals surface area contributed by atoms with Crippen LogP contribution in [0.3, 0.4) is 0 Å². The van der Waals surface area contributed by atoms with Crippen molar-refractivity contribution in [1.82, 2.24) is 0 Å². The Balaban J connectivity index is 1.45. The molecule has 4 nitrogen and oxygen atoms in total. The van der Waals surface area contributed by atoms with E-state index in [1.54, 1.807) is 28.4 Å². The number of methoxy groups -OCH3 is 4. The summed E-state index contributed by atoms with van der Waals surface area (Å²) in [6.45, 7) is 0. The summed E-state index contributed by atoms with van der Waals surface area (Å²) in [5, 5.41) is 5.63. The van der Waals surface area contributed by atoms with Crippen LogP contribution < -0.4 is 40.2 Å². The van der Waals surface area contributed by atoms with E-state index >= 15 is 0 Å². The molecule has 6 aromatic rings. The largest absolute Gasteiger partial charge is 0.493 e. The Hall–Kier alpha value is -4.62. The van der Waals surface area contributed by atoms with Gasteiger partial charge in [0.25, 0.3) is 0 Å². The number of hydrogen-bond acceptors (Lipinski definition) is 4. The van der Waals surface area contributed by atoms with Crippen molar-refractivity contribution in [3.05, 3.63) is 168 Å². The van der Waals surface area contributed by atoms with Crippen LogP contribution in [0.4, 0.5) is 0 Å². The maximum Gasteiger partial charge on any atom is 0.161 e. The number of rotatable bonds is 13. The zero-order valence-electron chi connectivity index (χ0n) is 30.3. The third-order valence-electron chi connectivity index (χ3n) is 10.3. The van der Waals surface area contributed by atoms with E-state index in [-0.39, 0.29) is 5.92 Å². The highest BCUT2D eigenvalue weighted by Gasteiger charge is 2.41. The quantitative estimate of drug-likeness (QED) is 0.112. The summed E-state index contributed by atoms with van der Waals surface area (Å²) in [7, 11) is 5.56. The maximum absolute atomic E-state index is 5.97. The van der Waals surface area contributed by atoms with E-state index in [1.807, 2.05) is 0 Å². The van der Waals surface area contributed by atoms with Gasteiger partial charge in [-0.2, -0.15) is 0 Å². The van der Waals surface area contributed by atoms with Gasteiger partial charge >= 0.3 is 0 Å². The fourth-order valence-corrected chi connectivity index (χ4v) is 13.2. The van der Waals surface area contributed by atoms with E-state index in [9.17, 15) is 0 Å². The van der Waals surface area contributed by atoms with E-state index in [2.05, 4.69) is 152 Å². The first kappa shape index (κ1) is 35.8. The molecule has 0 radical (unpaired) electrons. The highest BCUT2D eigenvalue weighted by atomic mass is 31.1. The minimum atomic E-state index is -0.686. The zero-order chi connectivity index (χ0) is 35.9. The van der Waals surface area contributed by atoms with E-state index in [1.165, 1.54) is 37.9 Å². The van der Waals surface area contributed by atoms with Gasteiger partial charge in [0.15, 0.2) is 23.0 Å². The van der Waals surface area contributed by atoms with Gasteiger partial charge in [0.05, 0.1) is 28.4 Å². The van der Waals surface area contributed by atoms with Gasteiger partial charge in [-0.05, 0) is 109 Å². The Labute approximate surface area is 311 Å². The van der Waals surface area contributed by atoms with E-state index < -0.39 is 15.8 Å². The van der Waals surface area contributed by atoms with Crippen molar-refractivity contribution in [2.24, 2.45) is 11.8 Å². The number of ether oxygens (including phenoxy) is 4. The van der Waals surface area contributed by atoms with Crippen molar-refractivity contribution in [1.29, 1.82) is 0 Å². The van der Waals surface area contributed by atoms with E-state index in [0.717, 1.165) is 41.7 Å². The second-order valence-corrected chi connectivity index (χ2v) is 17.7. The van der Waals surface area contributed by atoms with Crippen molar-refractivity contribution in [3.8, 4) is 23.0 Å². The van der Waals surface area contributed by atoms with Gasteiger partial charge in [-0.1, -0.05) is 127 Å². The zero-order valence-corrected chi connectivity index (χ0v) is 32.1. The Kier molecular flexibility index (Phi) is 11.6. The fourth-order valence-electron chi connectivity index (χ4n) is 7.86. The molecular weight excluding hydrogens is 678 g/mol. The molecule has 0 amide bonds. The lowest BCUT2D eigenvalue weighted by atomic mass is 9.67. The van der Waals surface area contributed by atoms with Crippen LogP contribution in [0.15, 0.2) is 152 Å². The van der Waals surface area contributed by atoms with Crippen LogP contribution in [0.1, 0.15) is 22.6 Å². The first-order valence-corrected chi connectivity index (χ1v) is 20.9. The predicted molar refractivity (Wildman–Crippen MR) is 219 cm³/mol. The molecule has 6 heteroatoms. The second-order valence-electron chi connectivity index (χ2n) is 13.2. The van der Waals surface area contributed by atoms with Gasteiger partial charge < -0.3 is 18.9 Å². The highest BCUT2D eigenvalue weighted by Crippen LogP contribution is 2.54. The molecular formula is C46H46O4P2. The molecule has 0 saturated carbocycles. The van der Waals surface area contributed by atoms with Crippen LogP contribution in [-0.4, -0.2) is 40.8 Å². The van der Waals surface area contributed by atoms with Gasteiger partial charge in [0, 0.05) is 5.92 Å². The van der Waals surface area contributed by atoms with Crippen LogP contribution >= 0.6 is 15.8 Å². The molecule has 0 bridgehead atoms. The van der Waals surface area contributed by atoms with Crippen LogP contribution in [0.5, 0.6) is 23.0 Å². The Bertz CT molecular complexity index is 1960. The molecule has 0 fully saturated rings. The van der Waals surface area contributed by atoms with E-state index in [4.69, 9.17) is 18.9 Å². The van der Waals surface area contributed by atoms with Gasteiger partial charge in [-0.3, -0.25) is 0 Å². The molecule has 0 spiro atoms. The van der Waals surface area contributed by atoms with Crippen molar-refractivity contribution >= 4 is 37.1 Å². The molecule has 0 heterocycles. The highest BCUT2D eigenvalue weighted by molar-refractivity contribution is 7.73. The molecule has 1 aliphatic carbocycles. The summed E-state index contributed by atoms with van der Waals surface area (Å²) in [6, 6.07) is 55.6. The smallest absolute Gasteiger partial charge is 0.161 e. The molecule has 52 heavy (non-hydrogen) atoms. The summed E-state index contributed by atoms with van der Waals surface area (Å²) < 4.78 is 23.6. The fraction of sp³-hybridized carbons (Fsp3) is 0.217. The minimum Gasteiger partial charge on any atom is -0.493 e. The molecule has 0 saturated heterocycles. The standard InChI is InChI=1S/C46H46O4P2/c1-47-42-26-25-33(28-43(42)48-2)46-40-30-45(50-4)44(49-3)29-34(40)27-35(31-51(36-17-9-5-10-18-36)37-19-11-6-12-20-37)41(46)32-52(38-21-13-7-14-22-38)39-23-15-8-16-24-39/h5-26,28-30,35,41,46H,27,31-32H2,1-4H3/t35-,41-,46-/m0/s1. The summed E-state index contributed by atoms with van der Waals surface area (Å²) in [4.78, 5) is 0. The predicted octanol–water partition coefficient (Wildman–Crippen LogP) is 8.91. The Morgan fingerprint density at radius 1 is 0.462 bits per heavy atom. The molecule has 264 valence electrons. The molecule has 3 atom stereocenters. The van der Waals surface area contributed by atoms with Crippen molar-refractivity contribution in [2.45, 2.75) is 12.3 Å². The van der Waals surface area contributed by atoms with Crippen LogP contribution in [0, 0.1) is 11.8 Å². The van der Waals surface area contributed by atoms with Gasteiger partial charge in [-0.15, -0.1) is 0 Å². The van der Waals surface area contributed by atoms with Crippen LogP contribution in [-0.2, 0) is 6.42 Å². The van der Waals surface area contributed by atoms with Crippen molar-refractivity contribution in [2.75, 3.05) is 40.8 Å². The van der Waals surface area contributed by atoms with Gasteiger partial charge in [0.1, 0.15) is 0 Å². The number of hydrogen-bond donors (Lipinski definition) is 0. The van der Waals surface area contributed by atoms with Gasteiger partial charge in [-0.25, -0.2) is 0 Å². The third kappa shape index (κ3) is 7.61. The molecule has 0 aromatic heterocycles. The van der Waals surface area contributed by atoms with Crippen molar-refractivity contribution < 1.29 is 18.9 Å². The van der Waals surface area contributed by atoms with E-state index in [0.29, 0.717) is 11.8 Å². The topological polar surface area (TPSA) is 36.9 Å². The minimum absolute atomic E-state index is 0.0779. The first-order valence-electron chi connectivity index (χ1n) is 17.8. The van der Waals surface area contributed by atoms with Crippen LogP contribution in [0.2, 0.25) is 0 Å². The molecule has 7 rings (SSSR count). The maximum atomic E-state index is 5.97. The average Bonchev–Trinajstić information content (AvgIpc) is 3.22. The van der Waals surface area contributed by atoms with Gasteiger partial charge in [0.2, 0.25) is 0 Å². The summed E-state index contributed by atoms with van der Waals surface area (Å²) in [5.74, 6) is 3.75. The normalized spacial score (nSPS) is 16.7. The lowest BCUT2D eigenvalue weighted by molar-refractivity contribution is 0.323. The monoisotopic (exact) mass is 724 g/mol. The summed E-state index contributed by atoms with van der Waals surface area (Å²) in [5.41, 5.74) is 3.84. The first-order chi connectivity index (χ1) is 25.6. The Morgan fingerprint density at radius 3 is 1.35 bits per heavy atom. The number of benzene rings is 6. The molecule has 1 aliphatic rings. The lowest BCUT2D eigenvalue weighted by Gasteiger charge is -2.43. The molecule has 0 N–H and O–H groups in total. The van der Waals surface area contributed by atoms with Crippen LogP contribution in [0.25, 0.3) is 0 Å².